The fourth-order valence-electron chi connectivity index (χ4n) is 3.30. The topological polar surface area (TPSA) is 143 Å². The van der Waals surface area contributed by atoms with E-state index in [1.54, 1.807) is 36.4 Å². The largest absolute Gasteiger partial charge is 0.468 e. The van der Waals surface area contributed by atoms with Crippen LogP contribution in [0.2, 0.25) is 5.02 Å². The first kappa shape index (κ1) is 27.5. The van der Waals surface area contributed by atoms with Crippen molar-refractivity contribution in [3.63, 3.8) is 0 Å². The molecular weight excluding hydrogens is 527 g/mol. The van der Waals surface area contributed by atoms with Crippen LogP contribution in [0.3, 0.4) is 0 Å². The van der Waals surface area contributed by atoms with Crippen LogP contribution in [0.15, 0.2) is 78.9 Å². The number of nitro groups is 1. The molecule has 3 aromatic carbocycles. The SMILES string of the molecule is COC(=O)[C@H]([C@@H](Nc1ccc(Cl)cc1[N+](=O)[O-])C(=O)OC)P(=O)(Oc1ccccc1)Oc1ccccc1. The number of halogens is 1. The third-order valence-electron chi connectivity index (χ3n) is 4.97. The molecule has 194 valence electrons. The number of benzene rings is 3. The zero-order valence-corrected chi connectivity index (χ0v) is 21.3. The highest BCUT2D eigenvalue weighted by Crippen LogP contribution is 2.55. The number of methoxy groups -OCH3 is 2. The van der Waals surface area contributed by atoms with E-state index in [4.69, 9.17) is 30.1 Å². The Morgan fingerprint density at radius 1 is 0.892 bits per heavy atom. The molecule has 1 N–H and O–H groups in total. The zero-order chi connectivity index (χ0) is 27.0. The van der Waals surface area contributed by atoms with E-state index in [9.17, 15) is 24.3 Å². The minimum Gasteiger partial charge on any atom is -0.468 e. The van der Waals surface area contributed by atoms with Gasteiger partial charge in [-0.15, -0.1) is 0 Å². The second kappa shape index (κ2) is 12.2. The summed E-state index contributed by atoms with van der Waals surface area (Å²) in [7, 11) is -2.64. The smallest absolute Gasteiger partial charge is 0.447 e. The molecule has 0 unspecified atom stereocenters. The van der Waals surface area contributed by atoms with Crippen molar-refractivity contribution >= 4 is 42.5 Å². The third-order valence-corrected chi connectivity index (χ3v) is 7.33. The molecule has 0 aliphatic rings. The molecule has 0 spiro atoms. The zero-order valence-electron chi connectivity index (χ0n) is 19.6. The number of esters is 2. The number of para-hydroxylation sites is 2. The molecule has 2 atom stereocenters. The molecule has 0 radical (unpaired) electrons. The molecule has 0 amide bonds. The Morgan fingerprint density at radius 2 is 1.41 bits per heavy atom. The molecule has 0 aliphatic heterocycles. The van der Waals surface area contributed by atoms with Crippen LogP contribution in [0.4, 0.5) is 11.4 Å². The predicted octanol–water partition coefficient (Wildman–Crippen LogP) is 5.09. The van der Waals surface area contributed by atoms with Gasteiger partial charge in [0.1, 0.15) is 17.2 Å². The summed E-state index contributed by atoms with van der Waals surface area (Å²) in [4.78, 5) is 37.0. The first-order chi connectivity index (χ1) is 17.7. The van der Waals surface area contributed by atoms with E-state index in [0.717, 1.165) is 20.3 Å². The van der Waals surface area contributed by atoms with Gasteiger partial charge in [0.15, 0.2) is 6.04 Å². The van der Waals surface area contributed by atoms with Gasteiger partial charge in [-0.25, -0.2) is 9.36 Å². The number of nitrogens with one attached hydrogen (secondary N) is 1. The Balaban J connectivity index is 2.17. The Labute approximate surface area is 216 Å². The average Bonchev–Trinajstić information content (AvgIpc) is 2.89. The van der Waals surface area contributed by atoms with Crippen molar-refractivity contribution < 1.29 is 37.6 Å². The lowest BCUT2D eigenvalue weighted by Gasteiger charge is -2.30. The third kappa shape index (κ3) is 6.78. The summed E-state index contributed by atoms with van der Waals surface area (Å²) in [5, 5.41) is 14.3. The molecule has 37 heavy (non-hydrogen) atoms. The Morgan fingerprint density at radius 3 is 1.86 bits per heavy atom. The van der Waals surface area contributed by atoms with Gasteiger partial charge < -0.3 is 23.8 Å². The predicted molar refractivity (Wildman–Crippen MR) is 135 cm³/mol. The fraction of sp³-hybridized carbons (Fsp3) is 0.167. The van der Waals surface area contributed by atoms with Crippen LogP contribution in [0, 0.1) is 10.1 Å². The molecule has 0 aromatic heterocycles. The van der Waals surface area contributed by atoms with Crippen molar-refractivity contribution in [3.05, 3.63) is 94.0 Å². The maximum absolute atomic E-state index is 14.4. The van der Waals surface area contributed by atoms with Crippen LogP contribution in [-0.2, 0) is 23.6 Å². The molecule has 13 heteroatoms. The van der Waals surface area contributed by atoms with Crippen molar-refractivity contribution in [2.75, 3.05) is 19.5 Å². The van der Waals surface area contributed by atoms with E-state index in [-0.39, 0.29) is 22.2 Å². The Kier molecular flexibility index (Phi) is 9.10. The van der Waals surface area contributed by atoms with E-state index in [2.05, 4.69) is 5.32 Å². The van der Waals surface area contributed by atoms with Crippen molar-refractivity contribution in [2.24, 2.45) is 0 Å². The number of carbonyl (C=O) groups is 2. The lowest BCUT2D eigenvalue weighted by atomic mass is 10.1. The number of hydrogen-bond donors (Lipinski definition) is 1. The number of hydrogen-bond acceptors (Lipinski definition) is 10. The standard InChI is InChI=1S/C24H22ClN2O9P/c1-33-23(28)21(26-19-14-13-16(25)15-20(19)27(30)31)22(24(29)34-2)37(32,35-17-9-5-3-6-10-17)36-18-11-7-4-8-12-18/h3-15,21-22,26H,1-2H3/t21-,22+/m1/s1. The van der Waals surface area contributed by atoms with Gasteiger partial charge in [0.25, 0.3) is 5.69 Å². The van der Waals surface area contributed by atoms with Gasteiger partial charge in [-0.1, -0.05) is 48.0 Å². The maximum atomic E-state index is 14.4. The molecule has 11 nitrogen and oxygen atoms in total. The highest BCUT2D eigenvalue weighted by molar-refractivity contribution is 7.56. The molecular formula is C24H22ClN2O9P. The summed E-state index contributed by atoms with van der Waals surface area (Å²) in [6.07, 6.45) is 0. The molecule has 0 heterocycles. The first-order valence-electron chi connectivity index (χ1n) is 10.6. The van der Waals surface area contributed by atoms with Crippen LogP contribution in [0.1, 0.15) is 0 Å². The normalized spacial score (nSPS) is 12.5. The quantitative estimate of drug-likeness (QED) is 0.149. The van der Waals surface area contributed by atoms with E-state index < -0.39 is 41.8 Å². The molecule has 0 fully saturated rings. The van der Waals surface area contributed by atoms with E-state index in [1.165, 1.54) is 36.4 Å². The van der Waals surface area contributed by atoms with Gasteiger partial charge in [-0.05, 0) is 36.4 Å². The minimum absolute atomic E-state index is 0.0573. The van der Waals surface area contributed by atoms with Gasteiger partial charge >= 0.3 is 19.5 Å². The van der Waals surface area contributed by atoms with Gasteiger partial charge in [-0.2, -0.15) is 0 Å². The molecule has 3 rings (SSSR count). The van der Waals surface area contributed by atoms with Crippen LogP contribution in [-0.4, -0.2) is 42.8 Å². The second-order valence-electron chi connectivity index (χ2n) is 7.38. The Hall–Kier alpha value is -4.08. The molecule has 0 aliphatic carbocycles. The lowest BCUT2D eigenvalue weighted by molar-refractivity contribution is -0.384. The summed E-state index contributed by atoms with van der Waals surface area (Å²) in [5.74, 6) is -2.11. The van der Waals surface area contributed by atoms with E-state index >= 15 is 0 Å². The van der Waals surface area contributed by atoms with Gasteiger partial charge in [0.2, 0.25) is 5.66 Å². The summed E-state index contributed by atoms with van der Waals surface area (Å²) >= 11 is 5.89. The first-order valence-corrected chi connectivity index (χ1v) is 12.6. The molecule has 0 saturated carbocycles. The summed E-state index contributed by atoms with van der Waals surface area (Å²) in [5.41, 5.74) is -2.68. The minimum atomic E-state index is -4.69. The summed E-state index contributed by atoms with van der Waals surface area (Å²) in [6, 6.07) is 17.5. The molecule has 0 bridgehead atoms. The van der Waals surface area contributed by atoms with Crippen molar-refractivity contribution in [2.45, 2.75) is 11.7 Å². The highest BCUT2D eigenvalue weighted by atomic mass is 35.5. The number of rotatable bonds is 11. The van der Waals surface area contributed by atoms with E-state index in [0.29, 0.717) is 0 Å². The lowest BCUT2D eigenvalue weighted by Crippen LogP contribution is -2.47. The van der Waals surface area contributed by atoms with Crippen molar-refractivity contribution in [1.29, 1.82) is 0 Å². The monoisotopic (exact) mass is 548 g/mol. The van der Waals surface area contributed by atoms with Crippen molar-refractivity contribution in [1.82, 2.24) is 0 Å². The molecule has 3 aromatic rings. The highest BCUT2D eigenvalue weighted by Gasteiger charge is 2.54. The van der Waals surface area contributed by atoms with Crippen LogP contribution >= 0.6 is 19.2 Å². The maximum Gasteiger partial charge on any atom is 0.447 e. The summed E-state index contributed by atoms with van der Waals surface area (Å²) in [6.45, 7) is 0. The average molecular weight is 549 g/mol. The number of ether oxygens (including phenoxy) is 2. The molecule has 0 saturated heterocycles. The van der Waals surface area contributed by atoms with Crippen molar-refractivity contribution in [3.8, 4) is 11.5 Å². The summed E-state index contributed by atoms with van der Waals surface area (Å²) < 4.78 is 35.6. The number of carbonyl (C=O) groups excluding carboxylic acids is 2. The number of anilines is 1. The van der Waals surface area contributed by atoms with Crippen LogP contribution < -0.4 is 14.4 Å². The second-order valence-corrected chi connectivity index (χ2v) is 9.82. The van der Waals surface area contributed by atoms with Crippen LogP contribution in [0.5, 0.6) is 11.5 Å². The number of nitrogens with zero attached hydrogens (tertiary/aromatic N) is 1. The fourth-order valence-corrected chi connectivity index (χ4v) is 5.48. The Bertz CT molecular complexity index is 1260. The number of nitro benzene ring substituents is 1. The van der Waals surface area contributed by atoms with Gasteiger partial charge in [0.05, 0.1) is 19.1 Å². The van der Waals surface area contributed by atoms with Gasteiger partial charge in [-0.3, -0.25) is 14.9 Å². The van der Waals surface area contributed by atoms with E-state index in [1.807, 2.05) is 0 Å². The van der Waals surface area contributed by atoms with Gasteiger partial charge in [0, 0.05) is 11.1 Å². The van der Waals surface area contributed by atoms with Crippen LogP contribution in [0.25, 0.3) is 0 Å².